The van der Waals surface area contributed by atoms with Crippen LogP contribution < -0.4 is 10.2 Å². The largest absolute Gasteiger partial charge is 0.378 e. The molecule has 1 aliphatic rings. The number of ether oxygens (including phenoxy) is 1. The molecule has 0 spiro atoms. The molecule has 6 heteroatoms. The van der Waals surface area contributed by atoms with Crippen LogP contribution in [0.25, 0.3) is 0 Å². The van der Waals surface area contributed by atoms with E-state index in [0.29, 0.717) is 25.5 Å². The van der Waals surface area contributed by atoms with E-state index in [9.17, 15) is 4.79 Å². The first-order valence-corrected chi connectivity index (χ1v) is 9.86. The molecule has 1 N–H and O–H groups in total. The van der Waals surface area contributed by atoms with Crippen molar-refractivity contribution in [1.82, 2.24) is 10.2 Å². The standard InChI is InChI=1S/C23H24N4O2/c28-23(24-21-11-12-22(26-25-21)27-13-15-29-16-14-27)17-20(18-7-3-1-4-8-18)19-9-5-2-6-10-19/h1-12,20H,13-17H2,(H,24,25,28). The van der Waals surface area contributed by atoms with Gasteiger partial charge in [-0.05, 0) is 23.3 Å². The van der Waals surface area contributed by atoms with E-state index in [2.05, 4.69) is 44.7 Å². The Kier molecular flexibility index (Phi) is 6.12. The number of nitrogens with zero attached hydrogens (tertiary/aromatic N) is 3. The fraction of sp³-hybridized carbons (Fsp3) is 0.261. The average Bonchev–Trinajstić information content (AvgIpc) is 2.80. The van der Waals surface area contributed by atoms with Gasteiger partial charge in [-0.1, -0.05) is 60.7 Å². The topological polar surface area (TPSA) is 67.4 Å². The molecule has 4 rings (SSSR count). The van der Waals surface area contributed by atoms with Crippen LogP contribution in [-0.4, -0.2) is 42.4 Å². The average molecular weight is 388 g/mol. The van der Waals surface area contributed by atoms with Crippen molar-refractivity contribution in [1.29, 1.82) is 0 Å². The molecule has 3 aromatic rings. The van der Waals surface area contributed by atoms with Gasteiger partial charge < -0.3 is 15.0 Å². The predicted octanol–water partition coefficient (Wildman–Crippen LogP) is 3.47. The lowest BCUT2D eigenvalue weighted by Crippen LogP contribution is -2.36. The number of nitrogens with one attached hydrogen (secondary N) is 1. The summed E-state index contributed by atoms with van der Waals surface area (Å²) in [4.78, 5) is 14.9. The predicted molar refractivity (Wildman–Crippen MR) is 113 cm³/mol. The van der Waals surface area contributed by atoms with Gasteiger partial charge in [0, 0.05) is 25.4 Å². The minimum atomic E-state index is -0.0869. The van der Waals surface area contributed by atoms with Crippen molar-refractivity contribution in [3.05, 3.63) is 83.9 Å². The van der Waals surface area contributed by atoms with Crippen LogP contribution in [0, 0.1) is 0 Å². The molecule has 0 unspecified atom stereocenters. The number of hydrogen-bond donors (Lipinski definition) is 1. The molecule has 0 radical (unpaired) electrons. The number of amides is 1. The highest BCUT2D eigenvalue weighted by atomic mass is 16.5. The van der Waals surface area contributed by atoms with Gasteiger partial charge in [0.15, 0.2) is 11.6 Å². The molecule has 2 heterocycles. The van der Waals surface area contributed by atoms with Gasteiger partial charge in [0.1, 0.15) is 0 Å². The molecular weight excluding hydrogens is 364 g/mol. The van der Waals surface area contributed by atoms with E-state index in [1.165, 1.54) is 0 Å². The monoisotopic (exact) mass is 388 g/mol. The molecule has 1 amide bonds. The van der Waals surface area contributed by atoms with Gasteiger partial charge >= 0.3 is 0 Å². The number of hydrogen-bond acceptors (Lipinski definition) is 5. The van der Waals surface area contributed by atoms with Crippen molar-refractivity contribution < 1.29 is 9.53 Å². The minimum Gasteiger partial charge on any atom is -0.378 e. The van der Waals surface area contributed by atoms with Crippen LogP contribution in [0.5, 0.6) is 0 Å². The Morgan fingerprint density at radius 3 is 2.07 bits per heavy atom. The Labute approximate surface area is 170 Å². The first kappa shape index (κ1) is 19.1. The van der Waals surface area contributed by atoms with Gasteiger partial charge in [0.05, 0.1) is 13.2 Å². The van der Waals surface area contributed by atoms with Crippen LogP contribution in [0.4, 0.5) is 11.6 Å². The molecule has 1 aromatic heterocycles. The van der Waals surface area contributed by atoms with E-state index < -0.39 is 0 Å². The number of rotatable bonds is 6. The molecule has 148 valence electrons. The van der Waals surface area contributed by atoms with Gasteiger partial charge in [-0.25, -0.2) is 0 Å². The number of carbonyl (C=O) groups excluding carboxylic acids is 1. The molecule has 0 atom stereocenters. The second-order valence-corrected chi connectivity index (χ2v) is 7.00. The second kappa shape index (κ2) is 9.30. The maximum atomic E-state index is 12.8. The van der Waals surface area contributed by atoms with Crippen molar-refractivity contribution in [2.24, 2.45) is 0 Å². The van der Waals surface area contributed by atoms with Crippen LogP contribution in [0.2, 0.25) is 0 Å². The van der Waals surface area contributed by atoms with E-state index >= 15 is 0 Å². The Morgan fingerprint density at radius 1 is 0.897 bits per heavy atom. The van der Waals surface area contributed by atoms with Gasteiger partial charge in [-0.2, -0.15) is 0 Å². The van der Waals surface area contributed by atoms with Crippen LogP contribution in [0.1, 0.15) is 23.5 Å². The molecule has 0 saturated carbocycles. The molecule has 2 aromatic carbocycles. The number of aromatic nitrogens is 2. The molecule has 0 bridgehead atoms. The lowest BCUT2D eigenvalue weighted by molar-refractivity contribution is -0.116. The lowest BCUT2D eigenvalue weighted by Gasteiger charge is -2.27. The SMILES string of the molecule is O=C(CC(c1ccccc1)c1ccccc1)Nc1ccc(N2CCOCC2)nn1. The molecule has 0 aliphatic carbocycles. The summed E-state index contributed by atoms with van der Waals surface area (Å²) in [5, 5.41) is 11.3. The Bertz CT molecular complexity index is 871. The lowest BCUT2D eigenvalue weighted by atomic mass is 9.88. The highest BCUT2D eigenvalue weighted by molar-refractivity contribution is 5.90. The van der Waals surface area contributed by atoms with E-state index in [0.717, 1.165) is 30.0 Å². The third-order valence-corrected chi connectivity index (χ3v) is 5.05. The Balaban J connectivity index is 1.44. The zero-order valence-electron chi connectivity index (χ0n) is 16.2. The van der Waals surface area contributed by atoms with E-state index in [-0.39, 0.29) is 11.8 Å². The highest BCUT2D eigenvalue weighted by Crippen LogP contribution is 2.28. The Hall–Kier alpha value is -3.25. The molecular formula is C23H24N4O2. The number of morpholine rings is 1. The van der Waals surface area contributed by atoms with Crippen molar-refractivity contribution in [2.45, 2.75) is 12.3 Å². The van der Waals surface area contributed by atoms with Crippen molar-refractivity contribution >= 4 is 17.5 Å². The zero-order valence-corrected chi connectivity index (χ0v) is 16.2. The third-order valence-electron chi connectivity index (χ3n) is 5.05. The molecule has 1 saturated heterocycles. The van der Waals surface area contributed by atoms with Crippen LogP contribution in [0.3, 0.4) is 0 Å². The van der Waals surface area contributed by atoms with E-state index in [1.54, 1.807) is 6.07 Å². The van der Waals surface area contributed by atoms with Gasteiger partial charge in [0.2, 0.25) is 5.91 Å². The maximum absolute atomic E-state index is 12.8. The molecule has 1 aliphatic heterocycles. The summed E-state index contributed by atoms with van der Waals surface area (Å²) in [6, 6.07) is 23.9. The number of carbonyl (C=O) groups is 1. The highest BCUT2D eigenvalue weighted by Gasteiger charge is 2.19. The fourth-order valence-corrected chi connectivity index (χ4v) is 3.53. The van der Waals surface area contributed by atoms with Crippen molar-refractivity contribution in [3.8, 4) is 0 Å². The van der Waals surface area contributed by atoms with Crippen molar-refractivity contribution in [3.63, 3.8) is 0 Å². The quantitative estimate of drug-likeness (QED) is 0.700. The van der Waals surface area contributed by atoms with Crippen LogP contribution in [-0.2, 0) is 9.53 Å². The first-order valence-electron chi connectivity index (χ1n) is 9.86. The zero-order chi connectivity index (χ0) is 19.9. The summed E-state index contributed by atoms with van der Waals surface area (Å²) in [5.74, 6) is 1.17. The summed E-state index contributed by atoms with van der Waals surface area (Å²) in [6.07, 6.45) is 0.334. The fourth-order valence-electron chi connectivity index (χ4n) is 3.53. The van der Waals surface area contributed by atoms with Gasteiger partial charge in [-0.3, -0.25) is 4.79 Å². The summed E-state index contributed by atoms with van der Waals surface area (Å²) < 4.78 is 5.36. The number of anilines is 2. The van der Waals surface area contributed by atoms with E-state index in [4.69, 9.17) is 4.74 Å². The maximum Gasteiger partial charge on any atom is 0.226 e. The van der Waals surface area contributed by atoms with Crippen LogP contribution >= 0.6 is 0 Å². The smallest absolute Gasteiger partial charge is 0.226 e. The Morgan fingerprint density at radius 2 is 1.52 bits per heavy atom. The summed E-state index contributed by atoms with van der Waals surface area (Å²) in [5.41, 5.74) is 2.23. The molecule has 6 nitrogen and oxygen atoms in total. The summed E-state index contributed by atoms with van der Waals surface area (Å²) in [7, 11) is 0. The number of benzene rings is 2. The molecule has 1 fully saturated rings. The molecule has 29 heavy (non-hydrogen) atoms. The minimum absolute atomic E-state index is 0.0158. The normalized spacial score (nSPS) is 14.0. The first-order chi connectivity index (χ1) is 14.3. The van der Waals surface area contributed by atoms with Gasteiger partial charge in [0.25, 0.3) is 0 Å². The summed E-state index contributed by atoms with van der Waals surface area (Å²) in [6.45, 7) is 2.99. The third kappa shape index (κ3) is 4.97. The second-order valence-electron chi connectivity index (χ2n) is 7.00. The van der Waals surface area contributed by atoms with Crippen LogP contribution in [0.15, 0.2) is 72.8 Å². The van der Waals surface area contributed by atoms with Crippen molar-refractivity contribution in [2.75, 3.05) is 36.5 Å². The van der Waals surface area contributed by atoms with Gasteiger partial charge in [-0.15, -0.1) is 10.2 Å². The summed E-state index contributed by atoms with van der Waals surface area (Å²) >= 11 is 0. The van der Waals surface area contributed by atoms with E-state index in [1.807, 2.05) is 42.5 Å².